The molecule has 1 aliphatic heterocycles. The van der Waals surface area contributed by atoms with Gasteiger partial charge in [-0.2, -0.15) is 0 Å². The third-order valence-corrected chi connectivity index (χ3v) is 3.97. The monoisotopic (exact) mass is 316 g/mol. The summed E-state index contributed by atoms with van der Waals surface area (Å²) < 4.78 is 13.0. The summed E-state index contributed by atoms with van der Waals surface area (Å²) in [6.45, 7) is 1.45. The average Bonchev–Trinajstić information content (AvgIpc) is 3.02. The Hall–Kier alpha value is -2.25. The van der Waals surface area contributed by atoms with Crippen LogP contribution in [0.4, 0.5) is 0 Å². The van der Waals surface area contributed by atoms with Crippen LogP contribution in [0.25, 0.3) is 0 Å². The van der Waals surface area contributed by atoms with Gasteiger partial charge in [-0.05, 0) is 5.56 Å². The molecule has 7 nitrogen and oxygen atoms in total. The lowest BCUT2D eigenvalue weighted by Gasteiger charge is -2.34. The number of rotatable bonds is 4. The van der Waals surface area contributed by atoms with Crippen molar-refractivity contribution >= 4 is 5.91 Å². The largest absolute Gasteiger partial charge is 0.367 e. The number of amides is 1. The molecule has 0 radical (unpaired) electrons. The van der Waals surface area contributed by atoms with Gasteiger partial charge in [0.05, 0.1) is 13.2 Å². The van der Waals surface area contributed by atoms with Crippen molar-refractivity contribution in [2.24, 2.45) is 7.05 Å². The zero-order valence-electron chi connectivity index (χ0n) is 13.3. The summed E-state index contributed by atoms with van der Waals surface area (Å²) >= 11 is 0. The van der Waals surface area contributed by atoms with E-state index in [1.807, 2.05) is 41.9 Å². The highest BCUT2D eigenvalue weighted by Gasteiger charge is 2.32. The summed E-state index contributed by atoms with van der Waals surface area (Å²) in [5, 5.41) is 7.95. The molecular formula is C16H20N4O3. The first-order valence-electron chi connectivity index (χ1n) is 7.52. The van der Waals surface area contributed by atoms with Crippen LogP contribution >= 0.6 is 0 Å². The maximum Gasteiger partial charge on any atom is 0.256 e. The Morgan fingerprint density at radius 2 is 2.17 bits per heavy atom. The van der Waals surface area contributed by atoms with Gasteiger partial charge in [0, 0.05) is 20.7 Å². The molecule has 2 heterocycles. The van der Waals surface area contributed by atoms with Gasteiger partial charge in [0.25, 0.3) is 5.91 Å². The van der Waals surface area contributed by atoms with Gasteiger partial charge < -0.3 is 18.9 Å². The maximum atomic E-state index is 12.8. The van der Waals surface area contributed by atoms with Crippen LogP contribution in [0.5, 0.6) is 0 Å². The van der Waals surface area contributed by atoms with E-state index >= 15 is 0 Å². The Morgan fingerprint density at radius 3 is 2.83 bits per heavy atom. The zero-order valence-corrected chi connectivity index (χ0v) is 13.3. The second-order valence-electron chi connectivity index (χ2n) is 5.47. The van der Waals surface area contributed by atoms with Crippen molar-refractivity contribution in [1.29, 1.82) is 0 Å². The molecular weight excluding hydrogens is 296 g/mol. The van der Waals surface area contributed by atoms with Gasteiger partial charge in [0.15, 0.2) is 11.9 Å². The molecule has 1 aromatic carbocycles. The van der Waals surface area contributed by atoms with Crippen LogP contribution < -0.4 is 0 Å². The van der Waals surface area contributed by atoms with E-state index in [9.17, 15) is 4.79 Å². The zero-order chi connectivity index (χ0) is 16.2. The number of carbonyl (C=O) groups is 1. The fourth-order valence-corrected chi connectivity index (χ4v) is 2.76. The number of methoxy groups -OCH3 is 1. The molecule has 1 aliphatic rings. The van der Waals surface area contributed by atoms with Crippen molar-refractivity contribution in [1.82, 2.24) is 19.7 Å². The van der Waals surface area contributed by atoms with Crippen LogP contribution in [-0.2, 0) is 21.3 Å². The summed E-state index contributed by atoms with van der Waals surface area (Å²) in [5.74, 6) is 0.658. The molecule has 1 unspecified atom stereocenters. The van der Waals surface area contributed by atoms with Gasteiger partial charge in [-0.25, -0.2) is 0 Å². The van der Waals surface area contributed by atoms with E-state index in [0.717, 1.165) is 11.4 Å². The standard InChI is InChI=1S/C16H20N4O3/c1-19-11-17-18-15(19)13-10-20(8-9-23-13)16(21)14(22-2)12-6-4-3-5-7-12/h3-7,11,13-14H,8-10H2,1-2H3/t13?,14-/m1/s1. The molecule has 23 heavy (non-hydrogen) atoms. The molecule has 3 rings (SSSR count). The third kappa shape index (κ3) is 3.25. The van der Waals surface area contributed by atoms with Gasteiger partial charge in [-0.1, -0.05) is 30.3 Å². The highest BCUT2D eigenvalue weighted by atomic mass is 16.5. The van der Waals surface area contributed by atoms with E-state index in [-0.39, 0.29) is 12.0 Å². The number of morpholine rings is 1. The second kappa shape index (κ2) is 6.89. The molecule has 2 aromatic rings. The molecule has 7 heteroatoms. The van der Waals surface area contributed by atoms with Gasteiger partial charge in [-0.15, -0.1) is 10.2 Å². The Balaban J connectivity index is 1.75. The van der Waals surface area contributed by atoms with E-state index < -0.39 is 6.10 Å². The highest BCUT2D eigenvalue weighted by Crippen LogP contribution is 2.24. The molecule has 0 bridgehead atoms. The maximum absolute atomic E-state index is 12.8. The van der Waals surface area contributed by atoms with Crippen molar-refractivity contribution in [3.8, 4) is 0 Å². The minimum atomic E-state index is -0.602. The number of nitrogens with zero attached hydrogens (tertiary/aromatic N) is 4. The Labute approximate surface area is 134 Å². The fraction of sp³-hybridized carbons (Fsp3) is 0.438. The van der Waals surface area contributed by atoms with Crippen LogP contribution in [0.15, 0.2) is 36.7 Å². The number of aryl methyl sites for hydroxylation is 1. The molecule has 0 spiro atoms. The summed E-state index contributed by atoms with van der Waals surface area (Å²) in [6.07, 6.45) is 0.754. The second-order valence-corrected chi connectivity index (χ2v) is 5.47. The molecule has 0 saturated carbocycles. The first-order chi connectivity index (χ1) is 11.2. The number of carbonyl (C=O) groups excluding carboxylic acids is 1. The third-order valence-electron chi connectivity index (χ3n) is 3.97. The lowest BCUT2D eigenvalue weighted by Crippen LogP contribution is -2.45. The Morgan fingerprint density at radius 1 is 1.39 bits per heavy atom. The lowest BCUT2D eigenvalue weighted by atomic mass is 10.1. The van der Waals surface area contributed by atoms with Gasteiger partial charge in [0.2, 0.25) is 0 Å². The molecule has 0 N–H and O–H groups in total. The number of hydrogen-bond acceptors (Lipinski definition) is 5. The van der Waals surface area contributed by atoms with Crippen molar-refractivity contribution in [3.05, 3.63) is 48.0 Å². The van der Waals surface area contributed by atoms with E-state index in [4.69, 9.17) is 9.47 Å². The van der Waals surface area contributed by atoms with Gasteiger partial charge >= 0.3 is 0 Å². The Bertz CT molecular complexity index is 658. The van der Waals surface area contributed by atoms with Gasteiger partial charge in [-0.3, -0.25) is 4.79 Å². The van der Waals surface area contributed by atoms with Crippen LogP contribution in [0.2, 0.25) is 0 Å². The summed E-state index contributed by atoms with van der Waals surface area (Å²) in [7, 11) is 3.41. The quantitative estimate of drug-likeness (QED) is 0.845. The number of hydrogen-bond donors (Lipinski definition) is 0. The molecule has 1 aromatic heterocycles. The van der Waals surface area contributed by atoms with E-state index in [1.54, 1.807) is 18.3 Å². The van der Waals surface area contributed by atoms with Crippen LogP contribution in [0.3, 0.4) is 0 Å². The average molecular weight is 316 g/mol. The number of aromatic nitrogens is 3. The number of benzene rings is 1. The molecule has 1 saturated heterocycles. The smallest absolute Gasteiger partial charge is 0.256 e. The van der Waals surface area contributed by atoms with Crippen LogP contribution in [0.1, 0.15) is 23.6 Å². The van der Waals surface area contributed by atoms with Crippen molar-refractivity contribution in [2.75, 3.05) is 26.8 Å². The lowest BCUT2D eigenvalue weighted by molar-refractivity contribution is -0.150. The topological polar surface area (TPSA) is 69.5 Å². The highest BCUT2D eigenvalue weighted by molar-refractivity contribution is 5.82. The van der Waals surface area contributed by atoms with Crippen molar-refractivity contribution < 1.29 is 14.3 Å². The predicted molar refractivity (Wildman–Crippen MR) is 82.5 cm³/mol. The summed E-state index contributed by atoms with van der Waals surface area (Å²) in [6, 6.07) is 9.51. The molecule has 0 aliphatic carbocycles. The minimum Gasteiger partial charge on any atom is -0.367 e. The van der Waals surface area contributed by atoms with Gasteiger partial charge in [0.1, 0.15) is 12.4 Å². The Kier molecular flexibility index (Phi) is 4.68. The molecule has 1 fully saturated rings. The SMILES string of the molecule is CO[C@@H](C(=O)N1CCOC(c2nncn2C)C1)c1ccccc1. The van der Waals surface area contributed by atoms with Crippen LogP contribution in [0, 0.1) is 0 Å². The molecule has 1 amide bonds. The first-order valence-corrected chi connectivity index (χ1v) is 7.52. The van der Waals surface area contributed by atoms with Crippen molar-refractivity contribution in [3.63, 3.8) is 0 Å². The first kappa shape index (κ1) is 15.6. The van der Waals surface area contributed by atoms with E-state index in [0.29, 0.717) is 19.7 Å². The summed E-state index contributed by atoms with van der Waals surface area (Å²) in [4.78, 5) is 14.6. The predicted octanol–water partition coefficient (Wildman–Crippen LogP) is 1.10. The molecule has 2 atom stereocenters. The van der Waals surface area contributed by atoms with E-state index in [2.05, 4.69) is 10.2 Å². The fourth-order valence-electron chi connectivity index (χ4n) is 2.76. The molecule has 122 valence electrons. The number of ether oxygens (including phenoxy) is 2. The van der Waals surface area contributed by atoms with Crippen molar-refractivity contribution in [2.45, 2.75) is 12.2 Å². The summed E-state index contributed by atoms with van der Waals surface area (Å²) in [5.41, 5.74) is 0.849. The van der Waals surface area contributed by atoms with Crippen LogP contribution in [-0.4, -0.2) is 52.4 Å². The minimum absolute atomic E-state index is 0.0610. The van der Waals surface area contributed by atoms with E-state index in [1.165, 1.54) is 0 Å². The normalized spacial score (nSPS) is 19.6.